The number of halogens is 1. The van der Waals surface area contributed by atoms with E-state index in [2.05, 4.69) is 11.9 Å². The van der Waals surface area contributed by atoms with Crippen molar-refractivity contribution in [3.63, 3.8) is 0 Å². The number of carbonyl (C=O) groups excluding carboxylic acids is 1. The Hall–Kier alpha value is -1.68. The fourth-order valence-corrected chi connectivity index (χ4v) is 1.48. The molecule has 1 N–H and O–H groups in total. The third kappa shape index (κ3) is 4.30. The average molecular weight is 251 g/mol. The Labute approximate surface area is 107 Å². The maximum atomic E-state index is 13.0. The van der Waals surface area contributed by atoms with E-state index in [0.717, 1.165) is 5.56 Å². The molecule has 0 bridgehead atoms. The summed E-state index contributed by atoms with van der Waals surface area (Å²) in [6.07, 6.45) is 0. The molecule has 3 nitrogen and oxygen atoms in total. The van der Waals surface area contributed by atoms with Crippen LogP contribution in [-0.2, 0) is 9.53 Å². The molecular formula is C14H18FNO2. The molecule has 1 atom stereocenters. The summed E-state index contributed by atoms with van der Waals surface area (Å²) < 4.78 is 17.9. The monoisotopic (exact) mass is 251 g/mol. The third-order valence-corrected chi connectivity index (χ3v) is 2.53. The Kier molecular flexibility index (Phi) is 5.52. The fourth-order valence-electron chi connectivity index (χ4n) is 1.48. The maximum Gasteiger partial charge on any atom is 0.334 e. The molecule has 1 aromatic rings. The summed E-state index contributed by atoms with van der Waals surface area (Å²) in [6.45, 7) is 7.93. The van der Waals surface area contributed by atoms with Crippen LogP contribution in [0.2, 0.25) is 0 Å². The largest absolute Gasteiger partial charge is 0.463 e. The Balaban J connectivity index is 2.48. The van der Waals surface area contributed by atoms with Crippen molar-refractivity contribution in [2.45, 2.75) is 19.9 Å². The van der Waals surface area contributed by atoms with Gasteiger partial charge in [-0.15, -0.1) is 0 Å². The first-order chi connectivity index (χ1) is 8.54. The van der Waals surface area contributed by atoms with Gasteiger partial charge in [-0.3, -0.25) is 0 Å². The van der Waals surface area contributed by atoms with E-state index in [1.165, 1.54) is 12.1 Å². The zero-order chi connectivity index (χ0) is 13.5. The average Bonchev–Trinajstić information content (AvgIpc) is 2.35. The van der Waals surface area contributed by atoms with Crippen molar-refractivity contribution in [2.75, 3.05) is 13.2 Å². The van der Waals surface area contributed by atoms with Crippen molar-refractivity contribution in [1.29, 1.82) is 0 Å². The predicted octanol–water partition coefficient (Wildman–Crippen LogP) is 2.60. The van der Waals surface area contributed by atoms with Gasteiger partial charge in [0, 0.05) is 18.2 Å². The van der Waals surface area contributed by atoms with E-state index in [9.17, 15) is 9.18 Å². The molecule has 0 radical (unpaired) electrons. The summed E-state index contributed by atoms with van der Waals surface area (Å²) in [5.74, 6) is -0.679. The summed E-state index contributed by atoms with van der Waals surface area (Å²) in [7, 11) is 0. The van der Waals surface area contributed by atoms with Gasteiger partial charge in [-0.25, -0.2) is 9.18 Å². The third-order valence-electron chi connectivity index (χ3n) is 2.53. The molecule has 4 heteroatoms. The summed E-state index contributed by atoms with van der Waals surface area (Å²) in [4.78, 5) is 11.3. The van der Waals surface area contributed by atoms with Crippen LogP contribution in [0.3, 0.4) is 0 Å². The van der Waals surface area contributed by atoms with Crippen molar-refractivity contribution in [2.24, 2.45) is 0 Å². The lowest BCUT2D eigenvalue weighted by Crippen LogP contribution is -2.24. The highest BCUT2D eigenvalue weighted by Crippen LogP contribution is 2.13. The molecule has 0 amide bonds. The lowest BCUT2D eigenvalue weighted by Gasteiger charge is -2.15. The van der Waals surface area contributed by atoms with E-state index in [0.29, 0.717) is 18.7 Å². The van der Waals surface area contributed by atoms with Crippen LogP contribution in [0.15, 0.2) is 36.4 Å². The quantitative estimate of drug-likeness (QED) is 0.624. The lowest BCUT2D eigenvalue weighted by atomic mass is 10.1. The van der Waals surface area contributed by atoms with Gasteiger partial charge in [0.1, 0.15) is 5.82 Å². The smallest absolute Gasteiger partial charge is 0.334 e. The Morgan fingerprint density at radius 3 is 2.89 bits per heavy atom. The van der Waals surface area contributed by atoms with Crippen LogP contribution in [0, 0.1) is 5.82 Å². The molecule has 0 spiro atoms. The van der Waals surface area contributed by atoms with Crippen LogP contribution in [0.1, 0.15) is 25.5 Å². The Bertz CT molecular complexity index is 432. The molecule has 0 aliphatic carbocycles. The van der Waals surface area contributed by atoms with Crippen LogP contribution < -0.4 is 5.32 Å². The van der Waals surface area contributed by atoms with Gasteiger partial charge in [-0.1, -0.05) is 18.7 Å². The van der Waals surface area contributed by atoms with Gasteiger partial charge >= 0.3 is 5.97 Å². The van der Waals surface area contributed by atoms with Gasteiger partial charge in [-0.05, 0) is 31.5 Å². The highest BCUT2D eigenvalue weighted by Gasteiger charge is 2.10. The first kappa shape index (κ1) is 14.4. The molecule has 0 aliphatic rings. The Morgan fingerprint density at radius 2 is 2.28 bits per heavy atom. The van der Waals surface area contributed by atoms with Crippen molar-refractivity contribution in [3.8, 4) is 0 Å². The number of esters is 1. The van der Waals surface area contributed by atoms with Crippen LogP contribution in [0.4, 0.5) is 4.39 Å². The van der Waals surface area contributed by atoms with E-state index >= 15 is 0 Å². The molecule has 1 aromatic carbocycles. The molecule has 0 saturated carbocycles. The second kappa shape index (κ2) is 6.91. The van der Waals surface area contributed by atoms with Crippen LogP contribution in [0.5, 0.6) is 0 Å². The SMILES string of the molecule is C=C(CNC(C)c1cccc(F)c1)C(=O)OCC. The lowest BCUT2D eigenvalue weighted by molar-refractivity contribution is -0.138. The van der Waals surface area contributed by atoms with Crippen LogP contribution >= 0.6 is 0 Å². The number of rotatable bonds is 6. The van der Waals surface area contributed by atoms with Crippen LogP contribution in [-0.4, -0.2) is 19.1 Å². The van der Waals surface area contributed by atoms with Gasteiger partial charge in [0.25, 0.3) is 0 Å². The molecule has 0 fully saturated rings. The molecule has 0 saturated heterocycles. The first-order valence-corrected chi connectivity index (χ1v) is 5.88. The molecule has 1 unspecified atom stereocenters. The molecule has 18 heavy (non-hydrogen) atoms. The van der Waals surface area contributed by atoms with Gasteiger partial charge < -0.3 is 10.1 Å². The summed E-state index contributed by atoms with van der Waals surface area (Å²) >= 11 is 0. The number of ether oxygens (including phenoxy) is 1. The molecule has 1 rings (SSSR count). The van der Waals surface area contributed by atoms with Crippen molar-refractivity contribution < 1.29 is 13.9 Å². The standard InChI is InChI=1S/C14H18FNO2/c1-4-18-14(17)10(2)9-16-11(3)12-6-5-7-13(15)8-12/h5-8,11,16H,2,4,9H2,1,3H3. The summed E-state index contributed by atoms with van der Waals surface area (Å²) in [6, 6.07) is 6.28. The molecule has 0 aliphatic heterocycles. The second-order valence-corrected chi connectivity index (χ2v) is 3.98. The fraction of sp³-hybridized carbons (Fsp3) is 0.357. The predicted molar refractivity (Wildman–Crippen MR) is 68.6 cm³/mol. The zero-order valence-corrected chi connectivity index (χ0v) is 10.7. The van der Waals surface area contributed by atoms with Gasteiger partial charge in [0.15, 0.2) is 0 Å². The minimum absolute atomic E-state index is 0.0631. The Morgan fingerprint density at radius 1 is 1.56 bits per heavy atom. The molecule has 0 heterocycles. The highest BCUT2D eigenvalue weighted by atomic mass is 19.1. The van der Waals surface area contributed by atoms with Crippen LogP contribution in [0.25, 0.3) is 0 Å². The van der Waals surface area contributed by atoms with Crippen molar-refractivity contribution in [3.05, 3.63) is 47.8 Å². The molecular weight excluding hydrogens is 233 g/mol. The normalized spacial score (nSPS) is 11.9. The van der Waals surface area contributed by atoms with E-state index in [1.807, 2.05) is 13.0 Å². The highest BCUT2D eigenvalue weighted by molar-refractivity contribution is 5.88. The topological polar surface area (TPSA) is 38.3 Å². The number of hydrogen-bond donors (Lipinski definition) is 1. The van der Waals surface area contributed by atoms with Gasteiger partial charge in [-0.2, -0.15) is 0 Å². The molecule has 0 aromatic heterocycles. The zero-order valence-electron chi connectivity index (χ0n) is 10.7. The minimum Gasteiger partial charge on any atom is -0.463 e. The van der Waals surface area contributed by atoms with Gasteiger partial charge in [0.2, 0.25) is 0 Å². The number of nitrogens with one attached hydrogen (secondary N) is 1. The van der Waals surface area contributed by atoms with E-state index in [-0.39, 0.29) is 11.9 Å². The maximum absolute atomic E-state index is 13.0. The number of benzene rings is 1. The van der Waals surface area contributed by atoms with Gasteiger partial charge in [0.05, 0.1) is 6.61 Å². The van der Waals surface area contributed by atoms with Crippen molar-refractivity contribution in [1.82, 2.24) is 5.32 Å². The number of carbonyl (C=O) groups is 1. The van der Waals surface area contributed by atoms with E-state index < -0.39 is 5.97 Å². The summed E-state index contributed by atoms with van der Waals surface area (Å²) in [5.41, 5.74) is 1.19. The second-order valence-electron chi connectivity index (χ2n) is 3.98. The summed E-state index contributed by atoms with van der Waals surface area (Å²) in [5, 5.41) is 3.10. The number of hydrogen-bond acceptors (Lipinski definition) is 3. The minimum atomic E-state index is -0.406. The first-order valence-electron chi connectivity index (χ1n) is 5.88. The van der Waals surface area contributed by atoms with E-state index in [1.54, 1.807) is 13.0 Å². The van der Waals surface area contributed by atoms with E-state index in [4.69, 9.17) is 4.74 Å². The molecule has 98 valence electrons. The van der Waals surface area contributed by atoms with Crippen molar-refractivity contribution >= 4 is 5.97 Å².